The van der Waals surface area contributed by atoms with Crippen molar-refractivity contribution in [1.29, 1.82) is 0 Å². The van der Waals surface area contributed by atoms with E-state index >= 15 is 0 Å². The Morgan fingerprint density at radius 2 is 2.47 bits per heavy atom. The molecule has 0 radical (unpaired) electrons. The average Bonchev–Trinajstić information content (AvgIpc) is 2.88. The Labute approximate surface area is 95.3 Å². The zero-order valence-corrected chi connectivity index (χ0v) is 9.85. The third kappa shape index (κ3) is 1.83. The number of nitrogens with zero attached hydrogens (tertiary/aromatic N) is 1. The van der Waals surface area contributed by atoms with Crippen LogP contribution >= 0.6 is 11.5 Å². The summed E-state index contributed by atoms with van der Waals surface area (Å²) in [5, 5.41) is 3.57. The van der Waals surface area contributed by atoms with Crippen molar-refractivity contribution >= 4 is 11.5 Å². The molecule has 2 atom stereocenters. The first kappa shape index (κ1) is 9.79. The number of nitrogens with one attached hydrogen (secondary N) is 1. The van der Waals surface area contributed by atoms with Crippen molar-refractivity contribution in [3.8, 4) is 0 Å². The van der Waals surface area contributed by atoms with Gasteiger partial charge in [-0.3, -0.25) is 0 Å². The molecule has 2 nitrogen and oxygen atoms in total. The first-order valence-corrected chi connectivity index (χ1v) is 6.77. The van der Waals surface area contributed by atoms with Gasteiger partial charge < -0.3 is 5.32 Å². The summed E-state index contributed by atoms with van der Waals surface area (Å²) >= 11 is 1.70. The quantitative estimate of drug-likeness (QED) is 0.790. The van der Waals surface area contributed by atoms with Gasteiger partial charge in [0.25, 0.3) is 0 Å². The summed E-state index contributed by atoms with van der Waals surface area (Å²) in [7, 11) is 0. The van der Waals surface area contributed by atoms with Crippen LogP contribution < -0.4 is 5.32 Å². The molecule has 0 bridgehead atoms. The summed E-state index contributed by atoms with van der Waals surface area (Å²) in [5.41, 5.74) is 0.632. The van der Waals surface area contributed by atoms with E-state index < -0.39 is 0 Å². The molecule has 1 spiro atoms. The fourth-order valence-electron chi connectivity index (χ4n) is 3.30. The highest BCUT2D eigenvalue weighted by atomic mass is 32.1. The summed E-state index contributed by atoms with van der Waals surface area (Å²) in [5.74, 6) is 0.803. The lowest BCUT2D eigenvalue weighted by Crippen LogP contribution is -2.38. The van der Waals surface area contributed by atoms with Crippen molar-refractivity contribution in [2.45, 2.75) is 38.0 Å². The molecule has 1 aliphatic carbocycles. The van der Waals surface area contributed by atoms with Crippen molar-refractivity contribution < 1.29 is 0 Å². The Balaban J connectivity index is 1.72. The Kier molecular flexibility index (Phi) is 2.53. The minimum Gasteiger partial charge on any atom is -0.316 e. The SMILES string of the molecule is c1cc(C2CCC3(CCCNC3)C2)sn1. The van der Waals surface area contributed by atoms with Crippen LogP contribution in [0.1, 0.15) is 42.9 Å². The lowest BCUT2D eigenvalue weighted by Gasteiger charge is -2.34. The largest absolute Gasteiger partial charge is 0.316 e. The van der Waals surface area contributed by atoms with Crippen molar-refractivity contribution in [3.05, 3.63) is 17.1 Å². The second kappa shape index (κ2) is 3.87. The van der Waals surface area contributed by atoms with E-state index in [4.69, 9.17) is 0 Å². The molecule has 1 aliphatic heterocycles. The topological polar surface area (TPSA) is 24.9 Å². The zero-order valence-electron chi connectivity index (χ0n) is 9.04. The Bertz CT molecular complexity index is 314. The summed E-state index contributed by atoms with van der Waals surface area (Å²) in [6, 6.07) is 2.21. The van der Waals surface area contributed by atoms with Gasteiger partial charge in [-0.2, -0.15) is 0 Å². The number of hydrogen-bond acceptors (Lipinski definition) is 3. The summed E-state index contributed by atoms with van der Waals surface area (Å²) in [6.07, 6.45) is 8.95. The van der Waals surface area contributed by atoms with Gasteiger partial charge in [0.2, 0.25) is 0 Å². The molecule has 0 aromatic carbocycles. The molecule has 2 heterocycles. The molecule has 1 aromatic rings. The molecule has 1 N–H and O–H groups in total. The molecule has 2 unspecified atom stereocenters. The zero-order chi connectivity index (χ0) is 10.1. The molecule has 2 aliphatic rings. The predicted octanol–water partition coefficient (Wildman–Crippen LogP) is 2.78. The molecule has 82 valence electrons. The van der Waals surface area contributed by atoms with Crippen LogP contribution in [0.4, 0.5) is 0 Å². The van der Waals surface area contributed by atoms with Gasteiger partial charge in [-0.15, -0.1) is 0 Å². The maximum Gasteiger partial charge on any atom is 0.0409 e. The maximum absolute atomic E-state index is 4.23. The van der Waals surface area contributed by atoms with Gasteiger partial charge in [-0.25, -0.2) is 4.37 Å². The van der Waals surface area contributed by atoms with Gasteiger partial charge in [0.05, 0.1) is 0 Å². The molecule has 2 fully saturated rings. The van der Waals surface area contributed by atoms with Crippen molar-refractivity contribution in [2.75, 3.05) is 13.1 Å². The molecular weight excluding hydrogens is 204 g/mol. The standard InChI is InChI=1S/C12H18N2S/c1-4-12(9-13-6-1)5-2-10(8-12)11-3-7-14-15-11/h3,7,10,13H,1-2,4-6,8-9H2. The van der Waals surface area contributed by atoms with Crippen LogP contribution in [0.15, 0.2) is 12.3 Å². The van der Waals surface area contributed by atoms with Gasteiger partial charge in [0.15, 0.2) is 0 Å². The fraction of sp³-hybridized carbons (Fsp3) is 0.750. The number of aromatic nitrogens is 1. The van der Waals surface area contributed by atoms with E-state index in [0.717, 1.165) is 5.92 Å². The number of hydrogen-bond donors (Lipinski definition) is 1. The average molecular weight is 222 g/mol. The molecule has 1 aromatic heterocycles. The van der Waals surface area contributed by atoms with Gasteiger partial charge in [-0.05, 0) is 67.6 Å². The lowest BCUT2D eigenvalue weighted by atomic mass is 9.78. The molecular formula is C12H18N2S. The minimum atomic E-state index is 0.632. The van der Waals surface area contributed by atoms with E-state index in [1.807, 2.05) is 6.20 Å². The van der Waals surface area contributed by atoms with Gasteiger partial charge >= 0.3 is 0 Å². The summed E-state index contributed by atoms with van der Waals surface area (Å²) in [4.78, 5) is 1.51. The second-order valence-electron chi connectivity index (χ2n) is 5.13. The molecule has 3 rings (SSSR count). The minimum absolute atomic E-state index is 0.632. The van der Waals surface area contributed by atoms with Crippen LogP contribution in [0.25, 0.3) is 0 Å². The van der Waals surface area contributed by atoms with Crippen molar-refractivity contribution in [1.82, 2.24) is 9.69 Å². The highest BCUT2D eigenvalue weighted by Crippen LogP contribution is 2.50. The monoisotopic (exact) mass is 222 g/mol. The highest BCUT2D eigenvalue weighted by Gasteiger charge is 2.40. The number of rotatable bonds is 1. The highest BCUT2D eigenvalue weighted by molar-refractivity contribution is 7.05. The molecule has 1 saturated heterocycles. The maximum atomic E-state index is 4.23. The Morgan fingerprint density at radius 3 is 3.20 bits per heavy atom. The first-order valence-electron chi connectivity index (χ1n) is 5.99. The van der Waals surface area contributed by atoms with E-state index in [0.29, 0.717) is 5.41 Å². The number of piperidine rings is 1. The molecule has 3 heteroatoms. The first-order chi connectivity index (χ1) is 7.38. The molecule has 1 saturated carbocycles. The summed E-state index contributed by atoms with van der Waals surface area (Å²) in [6.45, 7) is 2.48. The van der Waals surface area contributed by atoms with Crippen LogP contribution in [-0.2, 0) is 0 Å². The molecule has 15 heavy (non-hydrogen) atoms. The molecule has 0 amide bonds. The van der Waals surface area contributed by atoms with Gasteiger partial charge in [-0.1, -0.05) is 0 Å². The Morgan fingerprint density at radius 1 is 1.47 bits per heavy atom. The van der Waals surface area contributed by atoms with E-state index in [1.54, 1.807) is 11.5 Å². The van der Waals surface area contributed by atoms with Crippen LogP contribution in [0.3, 0.4) is 0 Å². The van der Waals surface area contributed by atoms with Crippen LogP contribution in [0.2, 0.25) is 0 Å². The van der Waals surface area contributed by atoms with E-state index in [2.05, 4.69) is 15.8 Å². The van der Waals surface area contributed by atoms with Crippen molar-refractivity contribution in [2.24, 2.45) is 5.41 Å². The van der Waals surface area contributed by atoms with Gasteiger partial charge in [0.1, 0.15) is 0 Å². The predicted molar refractivity (Wildman–Crippen MR) is 63.2 cm³/mol. The van der Waals surface area contributed by atoms with E-state index in [9.17, 15) is 0 Å². The van der Waals surface area contributed by atoms with Gasteiger partial charge in [0, 0.05) is 17.6 Å². The van der Waals surface area contributed by atoms with Crippen LogP contribution in [0.5, 0.6) is 0 Å². The fourth-order valence-corrected chi connectivity index (χ4v) is 4.02. The van der Waals surface area contributed by atoms with E-state index in [1.165, 1.54) is 50.1 Å². The smallest absolute Gasteiger partial charge is 0.0409 e. The Hall–Kier alpha value is -0.410. The van der Waals surface area contributed by atoms with E-state index in [-0.39, 0.29) is 0 Å². The second-order valence-corrected chi connectivity index (χ2v) is 6.00. The van der Waals surface area contributed by atoms with Crippen molar-refractivity contribution in [3.63, 3.8) is 0 Å². The lowest BCUT2D eigenvalue weighted by molar-refractivity contribution is 0.214. The summed E-state index contributed by atoms with van der Waals surface area (Å²) < 4.78 is 4.23. The van der Waals surface area contributed by atoms with Crippen LogP contribution in [0, 0.1) is 5.41 Å². The van der Waals surface area contributed by atoms with Crippen LogP contribution in [-0.4, -0.2) is 17.5 Å². The third-order valence-electron chi connectivity index (χ3n) is 4.12. The third-order valence-corrected chi connectivity index (χ3v) is 5.03. The normalized spacial score (nSPS) is 36.1.